The normalized spacial score (nSPS) is 7.82. The van der Waals surface area contributed by atoms with E-state index >= 15 is 0 Å². The van der Waals surface area contributed by atoms with E-state index in [-0.39, 0.29) is 0 Å². The molecule has 60 valence electrons. The van der Waals surface area contributed by atoms with Gasteiger partial charge in [0.2, 0.25) is 0 Å². The van der Waals surface area contributed by atoms with Crippen molar-refractivity contribution in [2.75, 3.05) is 12.5 Å². The minimum atomic E-state index is 1.36. The Bertz CT molecular complexity index is 120. The Labute approximate surface area is 77.5 Å². The van der Waals surface area contributed by atoms with E-state index in [1.807, 2.05) is 49.5 Å². The van der Waals surface area contributed by atoms with Crippen LogP contribution in [0.3, 0.4) is 0 Å². The van der Waals surface area contributed by atoms with Gasteiger partial charge in [0.1, 0.15) is 0 Å². The maximum atomic E-state index is 4.67. The van der Waals surface area contributed by atoms with E-state index in [4.69, 9.17) is 0 Å². The molecule has 0 bridgehead atoms. The quantitative estimate of drug-likeness (QED) is 0.657. The van der Waals surface area contributed by atoms with Crippen molar-refractivity contribution < 1.29 is 3.63 Å². The molecule has 11 heavy (non-hydrogen) atoms. The summed E-state index contributed by atoms with van der Waals surface area (Å²) < 4.78 is 4.67. The minimum absolute atomic E-state index is 1.36. The first-order valence-corrected chi connectivity index (χ1v) is 5.45. The molecule has 1 aromatic heterocycles. The van der Waals surface area contributed by atoms with Crippen LogP contribution >= 0.6 is 24.1 Å². The van der Waals surface area contributed by atoms with Crippen LogP contribution in [0.1, 0.15) is 0 Å². The molecule has 0 amide bonds. The first kappa shape index (κ1) is 11.1. The van der Waals surface area contributed by atoms with Gasteiger partial charge in [-0.3, -0.25) is 0 Å². The van der Waals surface area contributed by atoms with Gasteiger partial charge in [0, 0.05) is 36.6 Å². The van der Waals surface area contributed by atoms with E-state index < -0.39 is 0 Å². The van der Waals surface area contributed by atoms with Gasteiger partial charge in [0.25, 0.3) is 0 Å². The zero-order valence-electron chi connectivity index (χ0n) is 6.69. The number of hydrogen-bond acceptors (Lipinski definition) is 3. The molecule has 1 nitrogen and oxygen atoms in total. The third-order valence-electron chi connectivity index (χ3n) is 0.803. The van der Waals surface area contributed by atoms with Gasteiger partial charge in [0.15, 0.2) is 0 Å². The van der Waals surface area contributed by atoms with Crippen molar-refractivity contribution in [1.82, 2.24) is 0 Å². The Kier molecular flexibility index (Phi) is 10.1. The van der Waals surface area contributed by atoms with Crippen LogP contribution in [0.25, 0.3) is 0 Å². The zero-order valence-corrected chi connectivity index (χ0v) is 8.32. The summed E-state index contributed by atoms with van der Waals surface area (Å²) in [6, 6.07) is 6.00. The van der Waals surface area contributed by atoms with Gasteiger partial charge < -0.3 is 0 Å². The summed E-state index contributed by atoms with van der Waals surface area (Å²) in [6.45, 7) is 2.00. The van der Waals surface area contributed by atoms with Crippen molar-refractivity contribution in [2.24, 2.45) is 0 Å². The summed E-state index contributed by atoms with van der Waals surface area (Å²) in [4.78, 5) is 0. The second-order valence-corrected chi connectivity index (χ2v) is 2.77. The van der Waals surface area contributed by atoms with Crippen molar-refractivity contribution in [3.05, 3.63) is 30.1 Å². The van der Waals surface area contributed by atoms with E-state index in [2.05, 4.69) is 3.63 Å². The third-order valence-corrected chi connectivity index (χ3v) is 1.89. The molecule has 0 saturated heterocycles. The fraction of sp³-hybridized carbons (Fsp3) is 0.286. The van der Waals surface area contributed by atoms with Crippen molar-refractivity contribution in [1.29, 1.82) is 0 Å². The van der Waals surface area contributed by atoms with Gasteiger partial charge >= 0.3 is 37.0 Å². The molecule has 0 unspecified atom stereocenters. The van der Waals surface area contributed by atoms with Crippen LogP contribution in [0.5, 0.6) is 0 Å². The zero-order chi connectivity index (χ0) is 8.36. The Morgan fingerprint density at radius 2 is 1.55 bits per heavy atom. The molecule has 0 atom stereocenters. The predicted molar refractivity (Wildman–Crippen MR) is 55.9 cm³/mol. The van der Waals surface area contributed by atoms with E-state index in [1.54, 1.807) is 0 Å². The van der Waals surface area contributed by atoms with Crippen LogP contribution in [-0.2, 0) is 3.63 Å². The van der Waals surface area contributed by atoms with Crippen molar-refractivity contribution in [3.63, 3.8) is 0 Å². The van der Waals surface area contributed by atoms with Crippen LogP contribution < -0.4 is 0 Å². The van der Waals surface area contributed by atoms with E-state index in [1.165, 1.54) is 24.1 Å². The SMILES string of the molecule is CSOSC.b1ccccc1. The average Bonchev–Trinajstić information content (AvgIpc) is 2.10. The van der Waals surface area contributed by atoms with E-state index in [0.29, 0.717) is 0 Å². The number of hydrogen-bond donors (Lipinski definition) is 0. The van der Waals surface area contributed by atoms with Crippen molar-refractivity contribution in [2.45, 2.75) is 0 Å². The Balaban J connectivity index is 0.000000187. The molecule has 1 heterocycles. The van der Waals surface area contributed by atoms with Crippen LogP contribution in [0.2, 0.25) is 0 Å². The Morgan fingerprint density at radius 1 is 1.00 bits per heavy atom. The molecule has 0 aliphatic heterocycles. The van der Waals surface area contributed by atoms with Gasteiger partial charge in [-0.2, -0.15) is 0 Å². The summed E-state index contributed by atoms with van der Waals surface area (Å²) in [7, 11) is 0. The Hall–Kier alpha value is 0.0749. The molecule has 1 aromatic rings. The Morgan fingerprint density at radius 3 is 1.64 bits per heavy atom. The molecule has 0 aliphatic carbocycles. The van der Waals surface area contributed by atoms with Gasteiger partial charge in [-0.15, -0.1) is 0 Å². The van der Waals surface area contributed by atoms with Crippen LogP contribution in [0.4, 0.5) is 0 Å². The molecule has 0 saturated carbocycles. The molecule has 0 radical (unpaired) electrons. The first-order chi connectivity index (χ1) is 5.41. The molecule has 4 heteroatoms. The molecule has 0 aromatic carbocycles. The maximum absolute atomic E-state index is 4.67. The van der Waals surface area contributed by atoms with Gasteiger partial charge in [-0.05, 0) is 0 Å². The summed E-state index contributed by atoms with van der Waals surface area (Å²) in [5.74, 6) is 4.00. The molecule has 0 spiro atoms. The van der Waals surface area contributed by atoms with Crippen molar-refractivity contribution in [3.8, 4) is 0 Å². The van der Waals surface area contributed by atoms with Crippen LogP contribution in [0.15, 0.2) is 30.1 Å². The molecule has 0 fully saturated rings. The average molecular weight is 186 g/mol. The van der Waals surface area contributed by atoms with Gasteiger partial charge in [-0.25, -0.2) is 3.63 Å². The molecular weight excluding hydrogens is 175 g/mol. The van der Waals surface area contributed by atoms with Crippen LogP contribution in [-0.4, -0.2) is 19.4 Å². The van der Waals surface area contributed by atoms with Crippen molar-refractivity contribution >= 4 is 31.0 Å². The standard InChI is InChI=1S/C5H5B.C2H6OS2/c1-2-4-6-5-3-1;1-4-3-5-2/h1-5H;1-2H3. The second kappa shape index (κ2) is 10.1. The molecule has 1 rings (SSSR count). The molecular formula is C7H11BOS2. The summed E-state index contributed by atoms with van der Waals surface area (Å²) in [6.07, 6.45) is 3.77. The topological polar surface area (TPSA) is 9.23 Å². The molecule has 0 aliphatic rings. The first-order valence-electron chi connectivity index (χ1n) is 3.15. The van der Waals surface area contributed by atoms with Crippen LogP contribution in [0, 0.1) is 0 Å². The van der Waals surface area contributed by atoms with Gasteiger partial charge in [-0.1, -0.05) is 0 Å². The second-order valence-electron chi connectivity index (χ2n) is 1.56. The molecule has 0 N–H and O–H groups in total. The van der Waals surface area contributed by atoms with E-state index in [0.717, 1.165) is 0 Å². The predicted octanol–water partition coefficient (Wildman–Crippen LogP) is 2.58. The monoisotopic (exact) mass is 186 g/mol. The fourth-order valence-corrected chi connectivity index (χ4v) is 0.997. The third kappa shape index (κ3) is 10.1. The number of rotatable bonds is 2. The fourth-order valence-electron chi connectivity index (χ4n) is 0.453. The summed E-state index contributed by atoms with van der Waals surface area (Å²) >= 11 is 2.73. The summed E-state index contributed by atoms with van der Waals surface area (Å²) in [5.41, 5.74) is 0. The van der Waals surface area contributed by atoms with E-state index in [9.17, 15) is 0 Å². The van der Waals surface area contributed by atoms with Gasteiger partial charge in [0.05, 0.1) is 0 Å². The summed E-state index contributed by atoms with van der Waals surface area (Å²) in [5, 5.41) is 0.